The van der Waals surface area contributed by atoms with Crippen LogP contribution in [0.25, 0.3) is 0 Å². The van der Waals surface area contributed by atoms with Crippen LogP contribution in [-0.4, -0.2) is 46.2 Å². The minimum Gasteiger partial charge on any atom is -0.478 e. The highest BCUT2D eigenvalue weighted by molar-refractivity contribution is 5.85. The van der Waals surface area contributed by atoms with Crippen molar-refractivity contribution in [1.29, 1.82) is 0 Å². The van der Waals surface area contributed by atoms with Gasteiger partial charge in [0.25, 0.3) is 0 Å². The molecule has 1 unspecified atom stereocenters. The number of carboxylic acids is 1. The lowest BCUT2D eigenvalue weighted by Gasteiger charge is -2.34. The van der Waals surface area contributed by atoms with Crippen LogP contribution in [0.3, 0.4) is 0 Å². The molecule has 0 aromatic carbocycles. The monoisotopic (exact) mass is 246 g/mol. The molecule has 0 fully saturated rings. The van der Waals surface area contributed by atoms with Gasteiger partial charge in [-0.2, -0.15) is 0 Å². The van der Waals surface area contributed by atoms with Crippen molar-refractivity contribution in [2.45, 2.75) is 26.7 Å². The highest BCUT2D eigenvalue weighted by Gasteiger charge is 2.35. The number of aliphatic carboxylic acids is 1. The molecule has 1 atom stereocenters. The van der Waals surface area contributed by atoms with Crippen LogP contribution in [-0.2, 0) is 4.79 Å². The van der Waals surface area contributed by atoms with Crippen LogP contribution in [0.15, 0.2) is 11.6 Å². The van der Waals surface area contributed by atoms with Gasteiger partial charge in [-0.3, -0.25) is 0 Å². The van der Waals surface area contributed by atoms with Crippen LogP contribution in [0.4, 0.5) is 0 Å². The molecule has 0 bridgehead atoms. The molecular weight excluding hydrogens is 224 g/mol. The van der Waals surface area contributed by atoms with Crippen molar-refractivity contribution in [3.63, 3.8) is 0 Å². The van der Waals surface area contributed by atoms with E-state index in [4.69, 9.17) is 5.11 Å². The van der Waals surface area contributed by atoms with Gasteiger partial charge in [0.15, 0.2) is 0 Å². The highest BCUT2D eigenvalue weighted by Crippen LogP contribution is 2.33. The molecule has 5 nitrogen and oxygen atoms in total. The van der Waals surface area contributed by atoms with Gasteiger partial charge >= 0.3 is 5.97 Å². The van der Waals surface area contributed by atoms with Crippen LogP contribution >= 0.6 is 0 Å². The van der Waals surface area contributed by atoms with Crippen LogP contribution in [0.5, 0.6) is 0 Å². The zero-order valence-electron chi connectivity index (χ0n) is 10.4. The Labute approximate surface area is 101 Å². The largest absolute Gasteiger partial charge is 0.478 e. The second-order valence-electron chi connectivity index (χ2n) is 4.35. The maximum absolute atomic E-state index is 10.8. The van der Waals surface area contributed by atoms with E-state index in [1.54, 1.807) is 0 Å². The second-order valence-corrected chi connectivity index (χ2v) is 4.35. The molecule has 0 spiro atoms. The van der Waals surface area contributed by atoms with Crippen molar-refractivity contribution < 1.29 is 25.2 Å². The lowest BCUT2D eigenvalue weighted by molar-refractivity contribution is -0.132. The number of carboxylic acid groups (broad SMARTS) is 1. The van der Waals surface area contributed by atoms with Gasteiger partial charge in [0, 0.05) is 17.6 Å². The van der Waals surface area contributed by atoms with Crippen molar-refractivity contribution in [2.24, 2.45) is 11.3 Å². The standard InChI is InChI=1S/C12H22O5/c1-3-4-10(6-13)12(7-14,8-15)5-9(2)11(16)17/h5,10,13-15H,3-4,6-8H2,1-2H3,(H,16,17). The predicted octanol–water partition coefficient (Wildman–Crippen LogP) is 0.397. The number of carbonyl (C=O) groups is 1. The molecule has 0 saturated carbocycles. The lowest BCUT2D eigenvalue weighted by Crippen LogP contribution is -2.39. The summed E-state index contributed by atoms with van der Waals surface area (Å²) in [6.45, 7) is 2.36. The van der Waals surface area contributed by atoms with Crippen LogP contribution in [0.2, 0.25) is 0 Å². The van der Waals surface area contributed by atoms with Crippen molar-refractivity contribution >= 4 is 5.97 Å². The van der Waals surface area contributed by atoms with E-state index >= 15 is 0 Å². The summed E-state index contributed by atoms with van der Waals surface area (Å²) >= 11 is 0. The zero-order chi connectivity index (χ0) is 13.5. The molecule has 0 radical (unpaired) electrons. The quantitative estimate of drug-likeness (QED) is 0.465. The molecule has 0 saturated heterocycles. The molecule has 4 N–H and O–H groups in total. The summed E-state index contributed by atoms with van der Waals surface area (Å²) in [4.78, 5) is 10.8. The summed E-state index contributed by atoms with van der Waals surface area (Å²) in [6, 6.07) is 0. The number of aliphatic hydroxyl groups is 3. The molecule has 5 heteroatoms. The third kappa shape index (κ3) is 4.11. The summed E-state index contributed by atoms with van der Waals surface area (Å²) in [5.74, 6) is -1.44. The molecule has 100 valence electrons. The first-order valence-corrected chi connectivity index (χ1v) is 5.72. The normalized spacial score (nSPS) is 14.8. The second kappa shape index (κ2) is 7.42. The molecule has 0 rings (SSSR count). The molecule has 0 aromatic heterocycles. The van der Waals surface area contributed by atoms with E-state index in [-0.39, 0.29) is 31.3 Å². The molecular formula is C12H22O5. The SMILES string of the molecule is CCCC(CO)C(C=C(C)C(=O)O)(CO)CO. The fourth-order valence-corrected chi connectivity index (χ4v) is 1.92. The Hall–Kier alpha value is -0.910. The van der Waals surface area contributed by atoms with Crippen molar-refractivity contribution in [1.82, 2.24) is 0 Å². The Morgan fingerprint density at radius 3 is 2.12 bits per heavy atom. The summed E-state index contributed by atoms with van der Waals surface area (Å²) in [5.41, 5.74) is -1.02. The van der Waals surface area contributed by atoms with Crippen molar-refractivity contribution in [3.8, 4) is 0 Å². The maximum Gasteiger partial charge on any atom is 0.330 e. The smallest absolute Gasteiger partial charge is 0.330 e. The van der Waals surface area contributed by atoms with Gasteiger partial charge in [0.2, 0.25) is 0 Å². The third-order valence-corrected chi connectivity index (χ3v) is 3.10. The number of hydrogen-bond acceptors (Lipinski definition) is 4. The highest BCUT2D eigenvalue weighted by atomic mass is 16.4. The van der Waals surface area contributed by atoms with E-state index in [1.165, 1.54) is 13.0 Å². The van der Waals surface area contributed by atoms with Crippen molar-refractivity contribution in [2.75, 3.05) is 19.8 Å². The van der Waals surface area contributed by atoms with Gasteiger partial charge in [-0.05, 0) is 19.3 Å². The van der Waals surface area contributed by atoms with Gasteiger partial charge in [-0.25, -0.2) is 4.79 Å². The summed E-state index contributed by atoms with van der Waals surface area (Å²) in [7, 11) is 0. The predicted molar refractivity (Wildman–Crippen MR) is 63.5 cm³/mol. The summed E-state index contributed by atoms with van der Waals surface area (Å²) in [6.07, 6.45) is 2.75. The van der Waals surface area contributed by atoms with Crippen LogP contribution in [0.1, 0.15) is 26.7 Å². The molecule has 17 heavy (non-hydrogen) atoms. The lowest BCUT2D eigenvalue weighted by atomic mass is 9.73. The Morgan fingerprint density at radius 2 is 1.82 bits per heavy atom. The summed E-state index contributed by atoms with van der Waals surface area (Å²) in [5, 5.41) is 37.0. The molecule has 0 aliphatic heterocycles. The van der Waals surface area contributed by atoms with E-state index in [0.29, 0.717) is 6.42 Å². The van der Waals surface area contributed by atoms with E-state index in [1.807, 2.05) is 6.92 Å². The maximum atomic E-state index is 10.8. The minimum absolute atomic E-state index is 0.0580. The fourth-order valence-electron chi connectivity index (χ4n) is 1.92. The van der Waals surface area contributed by atoms with Gasteiger partial charge < -0.3 is 20.4 Å². The first-order valence-electron chi connectivity index (χ1n) is 5.72. The third-order valence-electron chi connectivity index (χ3n) is 3.10. The van der Waals surface area contributed by atoms with E-state index in [9.17, 15) is 20.1 Å². The molecule has 0 amide bonds. The Morgan fingerprint density at radius 1 is 1.29 bits per heavy atom. The fraction of sp³-hybridized carbons (Fsp3) is 0.750. The van der Waals surface area contributed by atoms with Gasteiger partial charge in [-0.1, -0.05) is 19.4 Å². The molecule has 0 aliphatic rings. The number of hydrogen-bond donors (Lipinski definition) is 4. The first kappa shape index (κ1) is 16.1. The number of rotatable bonds is 8. The zero-order valence-corrected chi connectivity index (χ0v) is 10.4. The van der Waals surface area contributed by atoms with Gasteiger partial charge in [0.05, 0.1) is 13.2 Å². The van der Waals surface area contributed by atoms with Gasteiger partial charge in [-0.15, -0.1) is 0 Å². The Kier molecular flexibility index (Phi) is 7.03. The molecule has 0 aromatic rings. The topological polar surface area (TPSA) is 98.0 Å². The minimum atomic E-state index is -1.09. The van der Waals surface area contributed by atoms with E-state index < -0.39 is 11.4 Å². The summed E-state index contributed by atoms with van der Waals surface area (Å²) < 4.78 is 0. The average Bonchev–Trinajstić information content (AvgIpc) is 2.33. The Bertz CT molecular complexity index is 268. The molecule has 0 heterocycles. The van der Waals surface area contributed by atoms with E-state index in [0.717, 1.165) is 6.42 Å². The average molecular weight is 246 g/mol. The van der Waals surface area contributed by atoms with Gasteiger partial charge in [0.1, 0.15) is 0 Å². The first-order chi connectivity index (χ1) is 7.97. The molecule has 0 aliphatic carbocycles. The van der Waals surface area contributed by atoms with Crippen molar-refractivity contribution in [3.05, 3.63) is 11.6 Å². The van der Waals surface area contributed by atoms with E-state index in [2.05, 4.69) is 0 Å². The number of aliphatic hydroxyl groups excluding tert-OH is 3. The van der Waals surface area contributed by atoms with Crippen LogP contribution in [0, 0.1) is 11.3 Å². The Balaban J connectivity index is 5.26. The van der Waals surface area contributed by atoms with Crippen LogP contribution < -0.4 is 0 Å².